The van der Waals surface area contributed by atoms with Crippen LogP contribution in [0.1, 0.15) is 21.5 Å². The van der Waals surface area contributed by atoms with E-state index in [1.165, 1.54) is 12.1 Å². The molecule has 2 aromatic rings. The van der Waals surface area contributed by atoms with Gasteiger partial charge in [0.25, 0.3) is 5.91 Å². The van der Waals surface area contributed by atoms with Gasteiger partial charge in [0.1, 0.15) is 18.1 Å². The van der Waals surface area contributed by atoms with Crippen LogP contribution >= 0.6 is 31.9 Å². The number of urea groups is 1. The van der Waals surface area contributed by atoms with Crippen LogP contribution in [0.5, 0.6) is 5.75 Å². The van der Waals surface area contributed by atoms with Gasteiger partial charge in [0.15, 0.2) is 0 Å². The number of rotatable bonds is 5. The molecule has 3 amide bonds. The maximum absolute atomic E-state index is 11.6. The van der Waals surface area contributed by atoms with Gasteiger partial charge in [-0.1, -0.05) is 12.1 Å². The lowest BCUT2D eigenvalue weighted by atomic mass is 10.1. The fourth-order valence-corrected chi connectivity index (χ4v) is 3.80. The first-order valence-electron chi connectivity index (χ1n) is 7.61. The molecule has 0 saturated carbocycles. The van der Waals surface area contributed by atoms with Gasteiger partial charge >= 0.3 is 12.0 Å². The van der Waals surface area contributed by atoms with Crippen molar-refractivity contribution >= 4 is 55.8 Å². The van der Waals surface area contributed by atoms with Crippen molar-refractivity contribution in [3.8, 4) is 5.75 Å². The van der Waals surface area contributed by atoms with Crippen LogP contribution in [0.3, 0.4) is 0 Å². The molecule has 1 aliphatic heterocycles. The molecule has 0 bridgehead atoms. The van der Waals surface area contributed by atoms with Crippen LogP contribution in [0, 0.1) is 0 Å². The summed E-state index contributed by atoms with van der Waals surface area (Å²) in [6.45, 7) is 0.246. The number of carboxylic acids is 1. The summed E-state index contributed by atoms with van der Waals surface area (Å²) in [5, 5.41) is 13.5. The monoisotopic (exact) mass is 494 g/mol. The van der Waals surface area contributed by atoms with Gasteiger partial charge in [0.2, 0.25) is 0 Å². The minimum absolute atomic E-state index is 0.158. The van der Waals surface area contributed by atoms with E-state index in [2.05, 4.69) is 42.5 Å². The standard InChI is InChI=1S/C18H12Br2N2O5/c19-12-5-10(7-14-16(23)22-18(26)21-14)6-13(20)15(12)27-8-9-1-3-11(4-2-9)17(24)25/h1-7H,8H2,(H,24,25)(H2,21,22,23,26)/b14-7+. The number of halogens is 2. The Hall–Kier alpha value is -2.65. The Morgan fingerprint density at radius 3 is 2.22 bits per heavy atom. The highest BCUT2D eigenvalue weighted by Crippen LogP contribution is 2.36. The highest BCUT2D eigenvalue weighted by molar-refractivity contribution is 9.11. The second-order valence-corrected chi connectivity index (χ2v) is 7.28. The second kappa shape index (κ2) is 7.93. The zero-order chi connectivity index (χ0) is 19.6. The molecule has 27 heavy (non-hydrogen) atoms. The van der Waals surface area contributed by atoms with Gasteiger partial charge in [0, 0.05) is 0 Å². The Kier molecular flexibility index (Phi) is 5.62. The lowest BCUT2D eigenvalue weighted by Crippen LogP contribution is -2.22. The summed E-state index contributed by atoms with van der Waals surface area (Å²) < 4.78 is 7.10. The molecule has 0 aromatic heterocycles. The van der Waals surface area contributed by atoms with Crippen molar-refractivity contribution in [2.45, 2.75) is 6.61 Å². The van der Waals surface area contributed by atoms with Crippen LogP contribution in [0.2, 0.25) is 0 Å². The summed E-state index contributed by atoms with van der Waals surface area (Å²) in [4.78, 5) is 33.6. The molecule has 3 rings (SSSR count). The van der Waals surface area contributed by atoms with Gasteiger partial charge < -0.3 is 15.2 Å². The van der Waals surface area contributed by atoms with Crippen LogP contribution in [0.25, 0.3) is 6.08 Å². The van der Waals surface area contributed by atoms with Crippen molar-refractivity contribution in [2.24, 2.45) is 0 Å². The molecule has 0 aliphatic carbocycles. The molecule has 7 nitrogen and oxygen atoms in total. The quantitative estimate of drug-likeness (QED) is 0.433. The normalized spacial score (nSPS) is 14.8. The molecule has 0 radical (unpaired) electrons. The van der Waals surface area contributed by atoms with Crippen LogP contribution in [-0.2, 0) is 11.4 Å². The molecule has 3 N–H and O–H groups in total. The molecule has 0 unspecified atom stereocenters. The molecule has 1 heterocycles. The Bertz CT molecular complexity index is 947. The fraction of sp³-hybridized carbons (Fsp3) is 0.0556. The number of ether oxygens (including phenoxy) is 1. The summed E-state index contributed by atoms with van der Waals surface area (Å²) in [6.07, 6.45) is 1.55. The minimum Gasteiger partial charge on any atom is -0.487 e. The summed E-state index contributed by atoms with van der Waals surface area (Å²) in [6, 6.07) is 9.34. The zero-order valence-corrected chi connectivity index (χ0v) is 16.8. The highest BCUT2D eigenvalue weighted by Gasteiger charge is 2.23. The lowest BCUT2D eigenvalue weighted by molar-refractivity contribution is -0.115. The van der Waals surface area contributed by atoms with Crippen LogP contribution in [0.4, 0.5) is 4.79 Å². The van der Waals surface area contributed by atoms with Crippen molar-refractivity contribution in [3.05, 3.63) is 67.7 Å². The maximum atomic E-state index is 11.6. The van der Waals surface area contributed by atoms with E-state index in [1.807, 2.05) is 0 Å². The number of hydrogen-bond donors (Lipinski definition) is 3. The van der Waals surface area contributed by atoms with Gasteiger partial charge in [-0.3, -0.25) is 10.1 Å². The maximum Gasteiger partial charge on any atom is 0.335 e. The van der Waals surface area contributed by atoms with E-state index in [4.69, 9.17) is 9.84 Å². The summed E-state index contributed by atoms with van der Waals surface area (Å²) in [5.41, 5.74) is 1.86. The minimum atomic E-state index is -0.982. The first-order valence-corrected chi connectivity index (χ1v) is 9.20. The SMILES string of the molecule is O=C1NC(=O)/C(=C\c2cc(Br)c(OCc3ccc(C(=O)O)cc3)c(Br)c2)N1. The van der Waals surface area contributed by atoms with Crippen molar-refractivity contribution in [3.63, 3.8) is 0 Å². The number of benzene rings is 2. The van der Waals surface area contributed by atoms with Gasteiger partial charge in [-0.05, 0) is 73.3 Å². The van der Waals surface area contributed by atoms with Crippen LogP contribution in [-0.4, -0.2) is 23.0 Å². The fourth-order valence-electron chi connectivity index (χ4n) is 2.35. The average Bonchev–Trinajstić information content (AvgIpc) is 2.91. The van der Waals surface area contributed by atoms with E-state index in [0.29, 0.717) is 20.3 Å². The number of imide groups is 1. The van der Waals surface area contributed by atoms with Gasteiger partial charge in [-0.2, -0.15) is 0 Å². The number of carboxylic acid groups (broad SMARTS) is 1. The molecule has 0 atom stereocenters. The average molecular weight is 496 g/mol. The number of carbonyl (C=O) groups is 3. The van der Waals surface area contributed by atoms with Gasteiger partial charge in [0.05, 0.1) is 14.5 Å². The summed E-state index contributed by atoms with van der Waals surface area (Å²) in [5.74, 6) is -0.915. The third-order valence-corrected chi connectivity index (χ3v) is 4.81. The number of hydrogen-bond acceptors (Lipinski definition) is 4. The second-order valence-electron chi connectivity index (χ2n) is 5.57. The molecule has 0 spiro atoms. The molecule has 2 aromatic carbocycles. The number of aromatic carboxylic acids is 1. The Labute approximate surface area is 170 Å². The third-order valence-electron chi connectivity index (χ3n) is 3.64. The first-order chi connectivity index (χ1) is 12.8. The van der Waals surface area contributed by atoms with E-state index in [-0.39, 0.29) is 17.9 Å². The Morgan fingerprint density at radius 1 is 1.07 bits per heavy atom. The first kappa shape index (κ1) is 19.1. The number of nitrogens with one attached hydrogen (secondary N) is 2. The van der Waals surface area contributed by atoms with Crippen molar-refractivity contribution in [1.82, 2.24) is 10.6 Å². The summed E-state index contributed by atoms with van der Waals surface area (Å²) >= 11 is 6.86. The lowest BCUT2D eigenvalue weighted by Gasteiger charge is -2.12. The smallest absolute Gasteiger partial charge is 0.335 e. The molecular formula is C18H12Br2N2O5. The molecule has 1 aliphatic rings. The largest absolute Gasteiger partial charge is 0.487 e. The van der Waals surface area contributed by atoms with Crippen molar-refractivity contribution < 1.29 is 24.2 Å². The predicted octanol–water partition coefficient (Wildman–Crippen LogP) is 3.67. The van der Waals surface area contributed by atoms with E-state index < -0.39 is 17.9 Å². The molecule has 1 saturated heterocycles. The molecule has 1 fully saturated rings. The Balaban J connectivity index is 1.75. The Morgan fingerprint density at radius 2 is 1.70 bits per heavy atom. The van der Waals surface area contributed by atoms with E-state index in [9.17, 15) is 14.4 Å². The topological polar surface area (TPSA) is 105 Å². The van der Waals surface area contributed by atoms with E-state index in [1.54, 1.807) is 30.3 Å². The van der Waals surface area contributed by atoms with Crippen molar-refractivity contribution in [2.75, 3.05) is 0 Å². The summed E-state index contributed by atoms with van der Waals surface area (Å²) in [7, 11) is 0. The van der Waals surface area contributed by atoms with Gasteiger partial charge in [-0.25, -0.2) is 9.59 Å². The molecule has 9 heteroatoms. The highest BCUT2D eigenvalue weighted by atomic mass is 79.9. The van der Waals surface area contributed by atoms with Crippen molar-refractivity contribution in [1.29, 1.82) is 0 Å². The van der Waals surface area contributed by atoms with Gasteiger partial charge in [-0.15, -0.1) is 0 Å². The number of amides is 3. The van der Waals surface area contributed by atoms with Crippen LogP contribution < -0.4 is 15.4 Å². The number of carbonyl (C=O) groups excluding carboxylic acids is 2. The predicted molar refractivity (Wildman–Crippen MR) is 104 cm³/mol. The van der Waals surface area contributed by atoms with E-state index >= 15 is 0 Å². The molecular weight excluding hydrogens is 484 g/mol. The third kappa shape index (κ3) is 4.55. The molecule has 138 valence electrons. The van der Waals surface area contributed by atoms with Crippen LogP contribution in [0.15, 0.2) is 51.0 Å². The van der Waals surface area contributed by atoms with E-state index in [0.717, 1.165) is 5.56 Å². The zero-order valence-electron chi connectivity index (χ0n) is 13.6.